The van der Waals surface area contributed by atoms with Crippen LogP contribution in [0.25, 0.3) is 5.57 Å². The molecule has 3 aliphatic rings. The van der Waals surface area contributed by atoms with Gasteiger partial charge in [0.25, 0.3) is 0 Å². The molecule has 12 nitrogen and oxygen atoms in total. The molecule has 2 aliphatic carbocycles. The van der Waals surface area contributed by atoms with Gasteiger partial charge in [0.05, 0.1) is 33.1 Å². The van der Waals surface area contributed by atoms with Crippen LogP contribution in [0.3, 0.4) is 0 Å². The second-order valence-electron chi connectivity index (χ2n) is 10.3. The molecule has 12 heteroatoms. The topological polar surface area (TPSA) is 152 Å². The Morgan fingerprint density at radius 1 is 1.07 bits per heavy atom. The van der Waals surface area contributed by atoms with Crippen LogP contribution >= 0.6 is 0 Å². The van der Waals surface area contributed by atoms with Crippen LogP contribution in [-0.4, -0.2) is 68.8 Å². The first-order chi connectivity index (χ1) is 21.0. The number of benzene rings is 2. The van der Waals surface area contributed by atoms with Gasteiger partial charge in [-0.2, -0.15) is 5.10 Å². The van der Waals surface area contributed by atoms with E-state index in [1.165, 1.54) is 11.1 Å². The number of methoxy groups -OCH3 is 2. The summed E-state index contributed by atoms with van der Waals surface area (Å²) in [6, 6.07) is 9.89. The number of carbonyl (C=O) groups excluding carboxylic acids is 1. The smallest absolute Gasteiger partial charge is 0.408 e. The number of guanidine groups is 1. The van der Waals surface area contributed by atoms with Crippen molar-refractivity contribution in [2.45, 2.75) is 51.2 Å². The number of carbonyl (C=O) groups is 2. The largest absolute Gasteiger partial charge is 0.492 e. The zero-order valence-electron chi connectivity index (χ0n) is 24.4. The van der Waals surface area contributed by atoms with Gasteiger partial charge in [0.15, 0.2) is 11.5 Å². The number of aliphatic carboxylic acids is 1. The normalized spacial score (nSPS) is 17.2. The lowest BCUT2D eigenvalue weighted by atomic mass is 9.95. The van der Waals surface area contributed by atoms with Crippen LogP contribution < -0.4 is 30.3 Å². The fraction of sp³-hybridized carbons (Fsp3) is 0.419. The first-order valence-corrected chi connectivity index (χ1v) is 14.4. The molecule has 1 atom stereocenters. The molecule has 1 amide bonds. The number of nitrogens with zero attached hydrogens (tertiary/aromatic N) is 2. The molecule has 43 heavy (non-hydrogen) atoms. The lowest BCUT2D eigenvalue weighted by Crippen LogP contribution is -2.42. The molecule has 5 rings (SSSR count). The van der Waals surface area contributed by atoms with Gasteiger partial charge in [0, 0.05) is 18.5 Å². The Morgan fingerprint density at radius 2 is 1.86 bits per heavy atom. The number of hydrogen-bond donors (Lipinski definition) is 4. The van der Waals surface area contributed by atoms with Gasteiger partial charge in [0.1, 0.15) is 12.6 Å². The first kappa shape index (κ1) is 29.7. The number of hydrazone groups is 1. The van der Waals surface area contributed by atoms with Crippen molar-refractivity contribution in [2.75, 3.05) is 33.9 Å². The molecule has 4 N–H and O–H groups in total. The van der Waals surface area contributed by atoms with Crippen molar-refractivity contribution < 1.29 is 33.6 Å². The van der Waals surface area contributed by atoms with Gasteiger partial charge in [-0.1, -0.05) is 30.3 Å². The summed E-state index contributed by atoms with van der Waals surface area (Å²) in [5.74, 6) is 0.953. The molecular formula is C31H37N5O7. The predicted octanol–water partition coefficient (Wildman–Crippen LogP) is 3.64. The van der Waals surface area contributed by atoms with Crippen molar-refractivity contribution in [3.05, 3.63) is 58.7 Å². The number of fused-ring (bicyclic) bond motifs is 2. The van der Waals surface area contributed by atoms with Crippen LogP contribution in [0, 0.1) is 0 Å². The highest BCUT2D eigenvalue weighted by atomic mass is 16.6. The Morgan fingerprint density at radius 3 is 2.58 bits per heavy atom. The second-order valence-corrected chi connectivity index (χ2v) is 10.3. The standard InChI is InChI=1S/C31H37N5O7/c1-40-27-25(42-16-13-24(29(37)38)34-31(39)43-18-19-7-4-3-5-8-19)17-20-11-12-23(35-36-30-32-14-15-33-30)21-9-6-10-22(21)26(20)28(27)41-2/h3-5,7-8,17,24H,6,9-16,18H2,1-2H3,(H,34,39)(H,37,38)(H2,32,33,36). The molecule has 0 fully saturated rings. The molecule has 228 valence electrons. The van der Waals surface area contributed by atoms with E-state index in [0.717, 1.165) is 61.2 Å². The molecule has 0 radical (unpaired) electrons. The number of ether oxygens (including phenoxy) is 4. The molecule has 0 aromatic heterocycles. The lowest BCUT2D eigenvalue weighted by molar-refractivity contribution is -0.139. The van der Waals surface area contributed by atoms with E-state index in [-0.39, 0.29) is 19.6 Å². The Hall–Kier alpha value is -4.74. The van der Waals surface area contributed by atoms with Crippen molar-refractivity contribution >= 4 is 29.3 Å². The van der Waals surface area contributed by atoms with E-state index in [2.05, 4.69) is 21.1 Å². The van der Waals surface area contributed by atoms with Gasteiger partial charge in [-0.05, 0) is 60.4 Å². The fourth-order valence-electron chi connectivity index (χ4n) is 5.60. The minimum atomic E-state index is -1.20. The number of aryl methyl sites for hydroxylation is 1. The SMILES string of the molecule is COc1c(OCCC(NC(=O)OCc2ccccc2)C(=O)O)cc2c(c1OC)C1=C(CCC1)C(=NNC1=NCCN1)CC2. The van der Waals surface area contributed by atoms with Crippen LogP contribution in [0.4, 0.5) is 4.79 Å². The molecule has 0 saturated carbocycles. The van der Waals surface area contributed by atoms with Crippen molar-refractivity contribution in [1.29, 1.82) is 0 Å². The van der Waals surface area contributed by atoms with Gasteiger partial charge < -0.3 is 34.7 Å². The number of rotatable bonds is 11. The monoisotopic (exact) mass is 591 g/mol. The maximum absolute atomic E-state index is 12.3. The fourth-order valence-corrected chi connectivity index (χ4v) is 5.60. The summed E-state index contributed by atoms with van der Waals surface area (Å²) in [7, 11) is 3.15. The van der Waals surface area contributed by atoms with E-state index in [9.17, 15) is 14.7 Å². The number of aliphatic imine (C=N–C) groups is 1. The van der Waals surface area contributed by atoms with E-state index >= 15 is 0 Å². The third kappa shape index (κ3) is 7.02. The Labute approximate surface area is 250 Å². The predicted molar refractivity (Wildman–Crippen MR) is 161 cm³/mol. The number of carboxylic acids is 1. The second kappa shape index (κ2) is 14.0. The van der Waals surface area contributed by atoms with E-state index in [1.807, 2.05) is 36.4 Å². The summed E-state index contributed by atoms with van der Waals surface area (Å²) < 4.78 is 22.9. The lowest BCUT2D eigenvalue weighted by Gasteiger charge is -2.21. The number of amides is 1. The third-order valence-electron chi connectivity index (χ3n) is 7.63. The maximum atomic E-state index is 12.3. The van der Waals surface area contributed by atoms with Gasteiger partial charge in [-0.25, -0.2) is 20.0 Å². The summed E-state index contributed by atoms with van der Waals surface area (Å²) in [6.45, 7) is 1.57. The molecule has 2 aromatic carbocycles. The van der Waals surface area contributed by atoms with E-state index in [0.29, 0.717) is 29.6 Å². The highest BCUT2D eigenvalue weighted by Crippen LogP contribution is 2.50. The quantitative estimate of drug-likeness (QED) is 0.287. The van der Waals surface area contributed by atoms with Crippen LogP contribution in [0.15, 0.2) is 52.1 Å². The van der Waals surface area contributed by atoms with Crippen LogP contribution in [-0.2, 0) is 22.6 Å². The number of nitrogens with one attached hydrogen (secondary N) is 3. The van der Waals surface area contributed by atoms with Gasteiger partial charge >= 0.3 is 12.1 Å². The zero-order chi connectivity index (χ0) is 30.2. The zero-order valence-corrected chi connectivity index (χ0v) is 24.4. The summed E-state index contributed by atoms with van der Waals surface area (Å²) in [4.78, 5) is 28.5. The first-order valence-electron chi connectivity index (χ1n) is 14.4. The van der Waals surface area contributed by atoms with E-state index < -0.39 is 18.1 Å². The van der Waals surface area contributed by atoms with Gasteiger partial charge in [0.2, 0.25) is 11.7 Å². The summed E-state index contributed by atoms with van der Waals surface area (Å²) in [5, 5.41) is 20.0. The number of allylic oxidation sites excluding steroid dienone is 2. The van der Waals surface area contributed by atoms with Crippen LogP contribution in [0.5, 0.6) is 17.2 Å². The van der Waals surface area contributed by atoms with E-state index in [1.54, 1.807) is 14.2 Å². The summed E-state index contributed by atoms with van der Waals surface area (Å²) in [6.07, 6.45) is 3.45. The molecule has 0 spiro atoms. The van der Waals surface area contributed by atoms with Crippen molar-refractivity contribution in [2.24, 2.45) is 10.1 Å². The Kier molecular flexibility index (Phi) is 9.65. The molecule has 1 aliphatic heterocycles. The van der Waals surface area contributed by atoms with Crippen LogP contribution in [0.2, 0.25) is 0 Å². The number of carboxylic acid groups (broad SMARTS) is 1. The molecule has 0 bridgehead atoms. The highest BCUT2D eigenvalue weighted by molar-refractivity contribution is 6.09. The Bertz CT molecular complexity index is 1440. The maximum Gasteiger partial charge on any atom is 0.408 e. The van der Waals surface area contributed by atoms with Crippen LogP contribution in [0.1, 0.15) is 48.8 Å². The average molecular weight is 592 g/mol. The molecule has 2 aromatic rings. The minimum absolute atomic E-state index is 0.00786. The highest BCUT2D eigenvalue weighted by Gasteiger charge is 2.31. The molecule has 1 unspecified atom stereocenters. The average Bonchev–Trinajstić information content (AvgIpc) is 3.70. The summed E-state index contributed by atoms with van der Waals surface area (Å²) in [5.41, 5.74) is 9.34. The van der Waals surface area contributed by atoms with Gasteiger partial charge in [-0.15, -0.1) is 0 Å². The summed E-state index contributed by atoms with van der Waals surface area (Å²) >= 11 is 0. The van der Waals surface area contributed by atoms with Crippen molar-refractivity contribution in [3.8, 4) is 17.2 Å². The third-order valence-corrected chi connectivity index (χ3v) is 7.63. The molecule has 1 heterocycles. The van der Waals surface area contributed by atoms with Gasteiger partial charge in [-0.3, -0.25) is 0 Å². The molecular weight excluding hydrogens is 554 g/mol. The Balaban J connectivity index is 1.30. The van der Waals surface area contributed by atoms with Crippen molar-refractivity contribution in [3.63, 3.8) is 0 Å². The van der Waals surface area contributed by atoms with E-state index in [4.69, 9.17) is 24.0 Å². The molecule has 0 saturated heterocycles. The van der Waals surface area contributed by atoms with Crippen molar-refractivity contribution in [1.82, 2.24) is 16.1 Å². The minimum Gasteiger partial charge on any atom is -0.492 e. The number of alkyl carbamates (subject to hydrolysis) is 1. The number of hydrogen-bond acceptors (Lipinski definition) is 10.